The summed E-state index contributed by atoms with van der Waals surface area (Å²) < 4.78 is 0. The van der Waals surface area contributed by atoms with Gasteiger partial charge in [0.15, 0.2) is 0 Å². The van der Waals surface area contributed by atoms with Gasteiger partial charge in [-0.3, -0.25) is 0 Å². The molecule has 3 rings (SSSR count). The van der Waals surface area contributed by atoms with Crippen LogP contribution in [0.3, 0.4) is 0 Å². The van der Waals surface area contributed by atoms with Gasteiger partial charge in [0.05, 0.1) is 0 Å². The summed E-state index contributed by atoms with van der Waals surface area (Å²) in [5.74, 6) is 0. The molecule has 1 aliphatic rings. The van der Waals surface area contributed by atoms with Crippen LogP contribution < -0.4 is 5.32 Å². The van der Waals surface area contributed by atoms with Gasteiger partial charge in [-0.25, -0.2) is 0 Å². The minimum atomic E-state index is 0.680. The Morgan fingerprint density at radius 3 is 3.06 bits per heavy atom. The number of aromatic nitrogens is 1. The molecule has 1 aromatic carbocycles. The van der Waals surface area contributed by atoms with Crippen LogP contribution in [0, 0.1) is 0 Å². The molecule has 0 amide bonds. The maximum Gasteiger partial charge on any atom is 0.0456 e. The molecule has 2 nitrogen and oxygen atoms in total. The van der Waals surface area contributed by atoms with Gasteiger partial charge in [-0.05, 0) is 55.5 Å². The molecule has 0 spiro atoms. The number of hydrogen-bond acceptors (Lipinski definition) is 1. The first kappa shape index (κ1) is 10.8. The van der Waals surface area contributed by atoms with Gasteiger partial charge in [-0.1, -0.05) is 13.0 Å². The lowest BCUT2D eigenvalue weighted by atomic mass is 10.0. The molecule has 2 heteroatoms. The third kappa shape index (κ3) is 2.09. The van der Waals surface area contributed by atoms with Crippen molar-refractivity contribution in [3.05, 3.63) is 35.5 Å². The fourth-order valence-corrected chi connectivity index (χ4v) is 2.81. The second kappa shape index (κ2) is 4.53. The summed E-state index contributed by atoms with van der Waals surface area (Å²) in [5.41, 5.74) is 4.17. The third-order valence-corrected chi connectivity index (χ3v) is 3.87. The molecule has 1 aliphatic heterocycles. The first-order valence-electron chi connectivity index (χ1n) is 6.69. The Kier molecular flexibility index (Phi) is 2.89. The molecule has 0 bridgehead atoms. The number of aryl methyl sites for hydroxylation is 1. The lowest BCUT2D eigenvalue weighted by Crippen LogP contribution is -2.23. The number of rotatable bonds is 3. The van der Waals surface area contributed by atoms with Gasteiger partial charge in [0.25, 0.3) is 0 Å². The molecule has 1 atom stereocenters. The normalized spacial score (nSPS) is 20.2. The van der Waals surface area contributed by atoms with Crippen LogP contribution >= 0.6 is 0 Å². The molecule has 0 radical (unpaired) electrons. The topological polar surface area (TPSA) is 27.8 Å². The molecule has 1 aromatic heterocycles. The zero-order valence-corrected chi connectivity index (χ0v) is 10.4. The lowest BCUT2D eigenvalue weighted by Gasteiger charge is -2.09. The van der Waals surface area contributed by atoms with E-state index < -0.39 is 0 Å². The quantitative estimate of drug-likeness (QED) is 0.830. The van der Waals surface area contributed by atoms with Crippen LogP contribution in [0.25, 0.3) is 10.9 Å². The van der Waals surface area contributed by atoms with Crippen molar-refractivity contribution in [3.8, 4) is 0 Å². The monoisotopic (exact) mass is 228 g/mol. The molecule has 1 saturated heterocycles. The van der Waals surface area contributed by atoms with E-state index in [-0.39, 0.29) is 0 Å². The maximum absolute atomic E-state index is 3.57. The molecule has 90 valence electrons. The fourth-order valence-electron chi connectivity index (χ4n) is 2.81. The van der Waals surface area contributed by atoms with Gasteiger partial charge >= 0.3 is 0 Å². The summed E-state index contributed by atoms with van der Waals surface area (Å²) in [6, 6.07) is 7.45. The van der Waals surface area contributed by atoms with Gasteiger partial charge in [0.2, 0.25) is 0 Å². The Bertz CT molecular complexity index is 507. The van der Waals surface area contributed by atoms with Crippen molar-refractivity contribution < 1.29 is 0 Å². The van der Waals surface area contributed by atoms with Crippen molar-refractivity contribution in [3.63, 3.8) is 0 Å². The summed E-state index contributed by atoms with van der Waals surface area (Å²) in [6.45, 7) is 3.40. The standard InChI is InChI=1S/C15H20N2/c1-2-11-5-6-15-14(8-11)12(10-17-15)9-13-4-3-7-16-13/h5-6,8,10,13,16-17H,2-4,7,9H2,1H3. The molecule has 17 heavy (non-hydrogen) atoms. The molecule has 0 aliphatic carbocycles. The van der Waals surface area contributed by atoms with Crippen LogP contribution in [0.5, 0.6) is 0 Å². The van der Waals surface area contributed by atoms with E-state index in [4.69, 9.17) is 0 Å². The van der Waals surface area contributed by atoms with E-state index in [1.807, 2.05) is 0 Å². The van der Waals surface area contributed by atoms with Crippen molar-refractivity contribution in [2.24, 2.45) is 0 Å². The minimum Gasteiger partial charge on any atom is -0.361 e. The summed E-state index contributed by atoms with van der Waals surface area (Å²) in [7, 11) is 0. The molecule has 1 fully saturated rings. The summed E-state index contributed by atoms with van der Waals surface area (Å²) in [6.07, 6.45) is 7.10. The van der Waals surface area contributed by atoms with Gasteiger partial charge in [-0.2, -0.15) is 0 Å². The Morgan fingerprint density at radius 1 is 1.35 bits per heavy atom. The summed E-state index contributed by atoms with van der Waals surface area (Å²) in [5, 5.41) is 4.99. The third-order valence-electron chi connectivity index (χ3n) is 3.87. The van der Waals surface area contributed by atoms with E-state index in [0.29, 0.717) is 6.04 Å². The number of hydrogen-bond donors (Lipinski definition) is 2. The highest BCUT2D eigenvalue weighted by Gasteiger charge is 2.16. The molecule has 2 aromatic rings. The summed E-state index contributed by atoms with van der Waals surface area (Å²) >= 11 is 0. The highest BCUT2D eigenvalue weighted by atomic mass is 14.9. The molecular formula is C15H20N2. The zero-order chi connectivity index (χ0) is 11.7. The number of nitrogens with one attached hydrogen (secondary N) is 2. The molecule has 1 unspecified atom stereocenters. The highest BCUT2D eigenvalue weighted by molar-refractivity contribution is 5.84. The van der Waals surface area contributed by atoms with Gasteiger partial charge in [0.1, 0.15) is 0 Å². The smallest absolute Gasteiger partial charge is 0.0456 e. The van der Waals surface area contributed by atoms with Crippen molar-refractivity contribution >= 4 is 10.9 Å². The molecule has 2 heterocycles. The van der Waals surface area contributed by atoms with Crippen LogP contribution in [0.15, 0.2) is 24.4 Å². The van der Waals surface area contributed by atoms with Crippen molar-refractivity contribution in [2.75, 3.05) is 6.54 Å². The van der Waals surface area contributed by atoms with E-state index in [9.17, 15) is 0 Å². The average molecular weight is 228 g/mol. The van der Waals surface area contributed by atoms with E-state index in [0.717, 1.165) is 12.8 Å². The Balaban J connectivity index is 1.92. The van der Waals surface area contributed by atoms with Crippen LogP contribution in [0.1, 0.15) is 30.9 Å². The van der Waals surface area contributed by atoms with Crippen LogP contribution in [0.4, 0.5) is 0 Å². The van der Waals surface area contributed by atoms with Crippen LogP contribution in [-0.2, 0) is 12.8 Å². The Labute approximate surface area is 102 Å². The maximum atomic E-state index is 3.57. The fraction of sp³-hybridized carbons (Fsp3) is 0.467. The first-order chi connectivity index (χ1) is 8.36. The second-order valence-corrected chi connectivity index (χ2v) is 5.04. The van der Waals surface area contributed by atoms with Gasteiger partial charge < -0.3 is 10.3 Å². The minimum absolute atomic E-state index is 0.680. The molecular weight excluding hydrogens is 208 g/mol. The molecule has 2 N–H and O–H groups in total. The van der Waals surface area contributed by atoms with Gasteiger partial charge in [-0.15, -0.1) is 0 Å². The van der Waals surface area contributed by atoms with Crippen molar-refractivity contribution in [1.82, 2.24) is 10.3 Å². The first-order valence-corrected chi connectivity index (χ1v) is 6.69. The van der Waals surface area contributed by atoms with Crippen LogP contribution in [0.2, 0.25) is 0 Å². The summed E-state index contributed by atoms with van der Waals surface area (Å²) in [4.78, 5) is 3.39. The average Bonchev–Trinajstić information content (AvgIpc) is 2.99. The second-order valence-electron chi connectivity index (χ2n) is 5.04. The lowest BCUT2D eigenvalue weighted by molar-refractivity contribution is 0.605. The molecule has 0 saturated carbocycles. The van der Waals surface area contributed by atoms with Gasteiger partial charge in [0, 0.05) is 23.1 Å². The van der Waals surface area contributed by atoms with E-state index in [1.54, 1.807) is 0 Å². The zero-order valence-electron chi connectivity index (χ0n) is 10.4. The largest absolute Gasteiger partial charge is 0.361 e. The predicted octanol–water partition coefficient (Wildman–Crippen LogP) is 3.02. The number of benzene rings is 1. The number of fused-ring (bicyclic) bond motifs is 1. The SMILES string of the molecule is CCc1ccc2[nH]cc(CC3CCCN3)c2c1. The van der Waals surface area contributed by atoms with E-state index in [1.165, 1.54) is 41.4 Å². The van der Waals surface area contributed by atoms with Crippen molar-refractivity contribution in [1.29, 1.82) is 0 Å². The highest BCUT2D eigenvalue weighted by Crippen LogP contribution is 2.23. The Hall–Kier alpha value is -1.28. The van der Waals surface area contributed by atoms with Crippen LogP contribution in [-0.4, -0.2) is 17.6 Å². The Morgan fingerprint density at radius 2 is 2.29 bits per heavy atom. The van der Waals surface area contributed by atoms with Crippen molar-refractivity contribution in [2.45, 2.75) is 38.6 Å². The number of H-pyrrole nitrogens is 1. The predicted molar refractivity (Wildman–Crippen MR) is 72.4 cm³/mol. The number of aromatic amines is 1. The van der Waals surface area contributed by atoms with E-state index >= 15 is 0 Å². The van der Waals surface area contributed by atoms with E-state index in [2.05, 4.69) is 41.6 Å².